The average molecular weight is 462 g/mol. The van der Waals surface area contributed by atoms with E-state index < -0.39 is 29.4 Å². The van der Waals surface area contributed by atoms with Gasteiger partial charge in [0.05, 0.1) is 11.8 Å². The van der Waals surface area contributed by atoms with Crippen LogP contribution in [0.15, 0.2) is 42.5 Å². The number of aryl methyl sites for hydroxylation is 2. The molecule has 0 aliphatic carbocycles. The normalized spacial score (nSPS) is 27.3. The monoisotopic (exact) mass is 461 g/mol. The molecule has 0 aromatic heterocycles. The van der Waals surface area contributed by atoms with E-state index in [4.69, 9.17) is 0 Å². The second kappa shape index (κ2) is 8.06. The Morgan fingerprint density at radius 2 is 1.82 bits per heavy atom. The van der Waals surface area contributed by atoms with Gasteiger partial charge in [0.15, 0.2) is 0 Å². The molecule has 4 atom stereocenters. The lowest BCUT2D eigenvalue weighted by Crippen LogP contribution is -2.53. The zero-order valence-corrected chi connectivity index (χ0v) is 19.1. The van der Waals surface area contributed by atoms with E-state index in [0.717, 1.165) is 16.7 Å². The van der Waals surface area contributed by atoms with Crippen LogP contribution >= 0.6 is 0 Å². The van der Waals surface area contributed by atoms with Crippen LogP contribution in [0.2, 0.25) is 0 Å². The van der Waals surface area contributed by atoms with Gasteiger partial charge in [-0.1, -0.05) is 48.0 Å². The van der Waals surface area contributed by atoms with Gasteiger partial charge in [-0.25, -0.2) is 0 Å². The van der Waals surface area contributed by atoms with E-state index in [2.05, 4.69) is 10.6 Å². The number of nitrogens with one attached hydrogen (secondary N) is 2. The molecule has 0 saturated carbocycles. The number of likely N-dealkylation sites (tertiary alicyclic amines) is 1. The Labute approximate surface area is 197 Å². The Morgan fingerprint density at radius 3 is 2.53 bits per heavy atom. The molecule has 2 fully saturated rings. The van der Waals surface area contributed by atoms with Crippen LogP contribution in [-0.2, 0) is 31.1 Å². The van der Waals surface area contributed by atoms with Gasteiger partial charge >= 0.3 is 5.97 Å². The number of rotatable bonds is 6. The second-order valence-corrected chi connectivity index (χ2v) is 9.52. The average Bonchev–Trinajstić information content (AvgIpc) is 3.37. The molecule has 3 N–H and O–H groups in total. The van der Waals surface area contributed by atoms with E-state index in [0.29, 0.717) is 17.7 Å². The number of nitrogens with zero attached hydrogens (tertiary/aromatic N) is 1. The van der Waals surface area contributed by atoms with Crippen LogP contribution in [0, 0.1) is 25.7 Å². The molecule has 1 spiro atoms. The minimum absolute atomic E-state index is 0.150. The summed E-state index contributed by atoms with van der Waals surface area (Å²) in [6, 6.07) is 12.8. The molecule has 0 unspecified atom stereocenters. The molecule has 0 bridgehead atoms. The number of carboxylic acid groups (broad SMARTS) is 1. The Bertz CT molecular complexity index is 1210. The van der Waals surface area contributed by atoms with Gasteiger partial charge in [-0.3, -0.25) is 29.4 Å². The Kier molecular flexibility index (Phi) is 5.28. The highest BCUT2D eigenvalue weighted by atomic mass is 16.4. The van der Waals surface area contributed by atoms with Gasteiger partial charge < -0.3 is 10.4 Å². The number of hydrogen-bond acceptors (Lipinski definition) is 5. The largest absolute Gasteiger partial charge is 0.481 e. The summed E-state index contributed by atoms with van der Waals surface area (Å²) in [7, 11) is 0. The zero-order chi connectivity index (χ0) is 24.2. The summed E-state index contributed by atoms with van der Waals surface area (Å²) in [5.41, 5.74) is 2.75. The molecule has 5 rings (SSSR count). The van der Waals surface area contributed by atoms with Gasteiger partial charge in [-0.05, 0) is 37.8 Å². The van der Waals surface area contributed by atoms with E-state index >= 15 is 0 Å². The number of aliphatic carboxylic acids is 1. The summed E-state index contributed by atoms with van der Waals surface area (Å²) in [5.74, 6) is -3.78. The SMILES string of the molecule is Cc1cc(C)c2c(c1)[C@@]1(N[C@H](CCC(=O)O)[C@H]3C(=O)N(CCc4ccccc4)C(=O)[C@@H]31)C(=O)N2. The summed E-state index contributed by atoms with van der Waals surface area (Å²) in [6.45, 7) is 4.04. The molecule has 8 heteroatoms. The molecule has 2 aromatic rings. The molecule has 34 heavy (non-hydrogen) atoms. The quantitative estimate of drug-likeness (QED) is 0.568. The van der Waals surface area contributed by atoms with Crippen molar-refractivity contribution in [2.24, 2.45) is 11.8 Å². The zero-order valence-electron chi connectivity index (χ0n) is 19.1. The van der Waals surface area contributed by atoms with Crippen molar-refractivity contribution in [1.82, 2.24) is 10.2 Å². The van der Waals surface area contributed by atoms with Crippen LogP contribution < -0.4 is 10.6 Å². The van der Waals surface area contributed by atoms with Crippen LogP contribution in [0.4, 0.5) is 5.69 Å². The summed E-state index contributed by atoms with van der Waals surface area (Å²) in [6.07, 6.45) is 0.500. The topological polar surface area (TPSA) is 116 Å². The Hall–Kier alpha value is -3.52. The number of fused-ring (bicyclic) bond motifs is 4. The number of carbonyl (C=O) groups is 4. The fourth-order valence-electron chi connectivity index (χ4n) is 5.95. The van der Waals surface area contributed by atoms with E-state index in [1.165, 1.54) is 4.90 Å². The maximum atomic E-state index is 13.8. The Morgan fingerprint density at radius 1 is 1.09 bits per heavy atom. The summed E-state index contributed by atoms with van der Waals surface area (Å²) in [5, 5.41) is 15.5. The van der Waals surface area contributed by atoms with Crippen molar-refractivity contribution in [3.63, 3.8) is 0 Å². The van der Waals surface area contributed by atoms with Crippen LogP contribution in [0.3, 0.4) is 0 Å². The third-order valence-electron chi connectivity index (χ3n) is 7.39. The van der Waals surface area contributed by atoms with E-state index in [-0.39, 0.29) is 37.1 Å². The van der Waals surface area contributed by atoms with Crippen molar-refractivity contribution < 1.29 is 24.3 Å². The minimum Gasteiger partial charge on any atom is -0.481 e. The number of carboxylic acids is 1. The van der Waals surface area contributed by atoms with Gasteiger partial charge in [0, 0.05) is 30.3 Å². The predicted molar refractivity (Wildman–Crippen MR) is 124 cm³/mol. The first-order valence-electron chi connectivity index (χ1n) is 11.6. The van der Waals surface area contributed by atoms with Gasteiger partial charge in [-0.15, -0.1) is 0 Å². The fraction of sp³-hybridized carbons (Fsp3) is 0.385. The van der Waals surface area contributed by atoms with E-state index in [1.54, 1.807) is 0 Å². The van der Waals surface area contributed by atoms with Crippen LogP contribution in [0.5, 0.6) is 0 Å². The standard InChI is InChI=1S/C26H27N3O5/c1-14-12-15(2)22-17(13-14)26(25(34)27-22)21-20(18(28-26)8-9-19(30)31)23(32)29(24(21)33)11-10-16-6-4-3-5-7-16/h3-7,12-13,18,20-21,28H,8-11H2,1-2H3,(H,27,34)(H,30,31)/t18-,20-,21-,26+/m1/s1. The van der Waals surface area contributed by atoms with Crippen molar-refractivity contribution in [3.8, 4) is 0 Å². The number of amides is 3. The van der Waals surface area contributed by atoms with Crippen LogP contribution in [0.25, 0.3) is 0 Å². The predicted octanol–water partition coefficient (Wildman–Crippen LogP) is 2.13. The molecule has 0 radical (unpaired) electrons. The van der Waals surface area contributed by atoms with Gasteiger partial charge in [-0.2, -0.15) is 0 Å². The smallest absolute Gasteiger partial charge is 0.303 e. The van der Waals surface area contributed by atoms with Crippen LogP contribution in [-0.4, -0.2) is 46.3 Å². The first-order valence-corrected chi connectivity index (χ1v) is 11.6. The molecule has 3 amide bonds. The van der Waals surface area contributed by atoms with Gasteiger partial charge in [0.1, 0.15) is 5.54 Å². The second-order valence-electron chi connectivity index (χ2n) is 9.52. The molecular weight excluding hydrogens is 434 g/mol. The first kappa shape index (κ1) is 22.3. The van der Waals surface area contributed by atoms with Crippen LogP contribution in [0.1, 0.15) is 35.1 Å². The third-order valence-corrected chi connectivity index (χ3v) is 7.39. The van der Waals surface area contributed by atoms with E-state index in [1.807, 2.05) is 56.3 Å². The summed E-state index contributed by atoms with van der Waals surface area (Å²) >= 11 is 0. The van der Waals surface area contributed by atoms with Crippen molar-refractivity contribution in [1.29, 1.82) is 0 Å². The third kappa shape index (κ3) is 3.24. The lowest BCUT2D eigenvalue weighted by molar-refractivity contribution is -0.143. The lowest BCUT2D eigenvalue weighted by Gasteiger charge is -2.30. The van der Waals surface area contributed by atoms with E-state index in [9.17, 15) is 24.3 Å². The molecule has 3 heterocycles. The van der Waals surface area contributed by atoms with Crippen molar-refractivity contribution in [2.45, 2.75) is 44.7 Å². The number of anilines is 1. The molecule has 2 saturated heterocycles. The lowest BCUT2D eigenvalue weighted by atomic mass is 9.75. The maximum Gasteiger partial charge on any atom is 0.303 e. The van der Waals surface area contributed by atoms with Gasteiger partial charge in [0.2, 0.25) is 17.7 Å². The Balaban J connectivity index is 1.55. The summed E-state index contributed by atoms with van der Waals surface area (Å²) < 4.78 is 0. The van der Waals surface area contributed by atoms with Crippen molar-refractivity contribution >= 4 is 29.4 Å². The number of benzene rings is 2. The summed E-state index contributed by atoms with van der Waals surface area (Å²) in [4.78, 5) is 53.4. The number of carbonyl (C=O) groups excluding carboxylic acids is 3. The maximum absolute atomic E-state index is 13.8. The highest BCUT2D eigenvalue weighted by Crippen LogP contribution is 2.54. The molecule has 176 valence electrons. The van der Waals surface area contributed by atoms with Crippen molar-refractivity contribution in [2.75, 3.05) is 11.9 Å². The van der Waals surface area contributed by atoms with Crippen molar-refractivity contribution in [3.05, 3.63) is 64.7 Å². The number of imide groups is 1. The minimum atomic E-state index is -1.39. The fourth-order valence-corrected chi connectivity index (χ4v) is 5.95. The highest BCUT2D eigenvalue weighted by molar-refractivity contribution is 6.15. The highest BCUT2D eigenvalue weighted by Gasteiger charge is 2.70. The number of hydrogen-bond donors (Lipinski definition) is 3. The first-order chi connectivity index (χ1) is 16.2. The molecule has 3 aliphatic rings. The van der Waals surface area contributed by atoms with Gasteiger partial charge in [0.25, 0.3) is 0 Å². The molecule has 8 nitrogen and oxygen atoms in total. The molecule has 2 aromatic carbocycles. The molecular formula is C26H27N3O5. The molecule has 3 aliphatic heterocycles.